The summed E-state index contributed by atoms with van der Waals surface area (Å²) >= 11 is 0. The normalized spacial score (nSPS) is 17.6. The lowest BCUT2D eigenvalue weighted by atomic mass is 10.1. The Bertz CT molecular complexity index is 1240. The summed E-state index contributed by atoms with van der Waals surface area (Å²) in [7, 11) is 5.07. The van der Waals surface area contributed by atoms with Crippen molar-refractivity contribution in [1.82, 2.24) is 25.3 Å². The number of methoxy groups -OCH3 is 1. The zero-order valence-corrected chi connectivity index (χ0v) is 26.7. The molecule has 3 heterocycles. The Morgan fingerprint density at radius 1 is 1.10 bits per heavy atom. The third-order valence-corrected chi connectivity index (χ3v) is 6.94. The van der Waals surface area contributed by atoms with E-state index in [4.69, 9.17) is 9.15 Å². The molecule has 2 N–H and O–H groups in total. The largest absolute Gasteiger partial charge is 0.497 e. The van der Waals surface area contributed by atoms with Crippen LogP contribution in [0.3, 0.4) is 0 Å². The summed E-state index contributed by atoms with van der Waals surface area (Å²) in [5, 5.41) is 4.75. The Kier molecular flexibility index (Phi) is 13.7. The van der Waals surface area contributed by atoms with Gasteiger partial charge in [-0.25, -0.2) is 4.79 Å². The highest BCUT2D eigenvalue weighted by molar-refractivity contribution is 6.04. The summed E-state index contributed by atoms with van der Waals surface area (Å²) in [6, 6.07) is 5.94. The van der Waals surface area contributed by atoms with E-state index >= 15 is 0 Å². The fourth-order valence-electron chi connectivity index (χ4n) is 4.63. The lowest BCUT2D eigenvalue weighted by Gasteiger charge is -2.20. The minimum atomic E-state index is -0.781. The molecule has 4 rings (SSSR count). The molecular weight excluding hydrogens is 536 g/mol. The number of carbonyl (C=O) groups is 3. The molecule has 4 amide bonds. The van der Waals surface area contributed by atoms with Crippen molar-refractivity contribution >= 4 is 29.2 Å². The number of nitrogens with zero attached hydrogens (tertiary/aromatic N) is 4. The molecule has 0 radical (unpaired) electrons. The maximum Gasteiger partial charge on any atom is 0.322 e. The molecule has 232 valence electrons. The van der Waals surface area contributed by atoms with E-state index in [1.807, 2.05) is 46.8 Å². The average Bonchev–Trinajstić information content (AvgIpc) is 3.40. The van der Waals surface area contributed by atoms with Crippen molar-refractivity contribution in [3.05, 3.63) is 46.9 Å². The van der Waals surface area contributed by atoms with Crippen molar-refractivity contribution in [3.63, 3.8) is 0 Å². The van der Waals surface area contributed by atoms with Gasteiger partial charge in [0.05, 0.1) is 7.11 Å². The summed E-state index contributed by atoms with van der Waals surface area (Å²) in [6.45, 7) is 18.2. The number of aliphatic imine (C=N–C) groups is 1. The van der Waals surface area contributed by atoms with Gasteiger partial charge in [0.15, 0.2) is 6.04 Å². The van der Waals surface area contributed by atoms with Gasteiger partial charge in [0, 0.05) is 51.1 Å². The van der Waals surface area contributed by atoms with Crippen LogP contribution in [0.25, 0.3) is 0 Å². The SMILES string of the molecule is CC.CCN1CCCN(CC(C)=Nc2cc(C3NC(=O)NC3=O)oc2C)CC1.COc1ccc(C)c(C(=O)N(C)C)c1. The van der Waals surface area contributed by atoms with Gasteiger partial charge >= 0.3 is 6.03 Å². The van der Waals surface area contributed by atoms with Crippen LogP contribution in [0.2, 0.25) is 0 Å². The van der Waals surface area contributed by atoms with Gasteiger partial charge in [-0.3, -0.25) is 24.8 Å². The molecule has 11 nitrogen and oxygen atoms in total. The number of ether oxygens (including phenoxy) is 1. The highest BCUT2D eigenvalue weighted by atomic mass is 16.5. The second-order valence-electron chi connectivity index (χ2n) is 10.3. The topological polar surface area (TPSA) is 120 Å². The van der Waals surface area contributed by atoms with Gasteiger partial charge in [-0.1, -0.05) is 26.8 Å². The summed E-state index contributed by atoms with van der Waals surface area (Å²) in [5.74, 6) is 1.36. The van der Waals surface area contributed by atoms with Crippen LogP contribution in [0, 0.1) is 13.8 Å². The van der Waals surface area contributed by atoms with E-state index in [0.29, 0.717) is 28.5 Å². The molecule has 2 aromatic rings. The van der Waals surface area contributed by atoms with E-state index in [-0.39, 0.29) is 5.91 Å². The van der Waals surface area contributed by atoms with Gasteiger partial charge in [-0.15, -0.1) is 0 Å². The van der Waals surface area contributed by atoms with Gasteiger partial charge < -0.3 is 24.3 Å². The predicted octanol–water partition coefficient (Wildman–Crippen LogP) is 4.32. The number of carbonyl (C=O) groups excluding carboxylic acids is 3. The van der Waals surface area contributed by atoms with Gasteiger partial charge in [0.25, 0.3) is 11.8 Å². The van der Waals surface area contributed by atoms with E-state index in [1.54, 1.807) is 38.2 Å². The first-order chi connectivity index (χ1) is 20.0. The highest BCUT2D eigenvalue weighted by Gasteiger charge is 2.34. The first kappa shape index (κ1) is 34.5. The van der Waals surface area contributed by atoms with Crippen LogP contribution < -0.4 is 15.4 Å². The van der Waals surface area contributed by atoms with Crippen molar-refractivity contribution in [3.8, 4) is 5.75 Å². The number of aryl methyl sites for hydroxylation is 2. The number of hydrogen-bond acceptors (Lipinski definition) is 8. The third-order valence-electron chi connectivity index (χ3n) is 6.94. The monoisotopic (exact) mass is 584 g/mol. The van der Waals surface area contributed by atoms with Crippen molar-refractivity contribution < 1.29 is 23.5 Å². The van der Waals surface area contributed by atoms with Crippen molar-refractivity contribution in [1.29, 1.82) is 0 Å². The predicted molar refractivity (Wildman–Crippen MR) is 166 cm³/mol. The van der Waals surface area contributed by atoms with Crippen LogP contribution in [0.5, 0.6) is 5.75 Å². The Balaban J connectivity index is 0.000000326. The van der Waals surface area contributed by atoms with Crippen LogP contribution in [0.4, 0.5) is 10.5 Å². The van der Waals surface area contributed by atoms with E-state index in [9.17, 15) is 14.4 Å². The molecule has 0 bridgehead atoms. The molecule has 2 fully saturated rings. The van der Waals surface area contributed by atoms with Gasteiger partial charge in [-0.2, -0.15) is 0 Å². The van der Waals surface area contributed by atoms with Crippen molar-refractivity contribution in [2.24, 2.45) is 4.99 Å². The molecule has 1 atom stereocenters. The van der Waals surface area contributed by atoms with Crippen LogP contribution in [0.1, 0.15) is 67.6 Å². The number of nitrogens with one attached hydrogen (secondary N) is 2. The van der Waals surface area contributed by atoms with E-state index in [0.717, 1.165) is 50.5 Å². The standard InChI is InChI=1S/C18H27N5O3.C11H15NO2.C2H6/c1-4-22-6-5-7-23(9-8-22)11-12(2)19-14-10-15(26-13(14)3)16-17(24)21-18(25)20-16;1-8-5-6-9(14-4)7-10(8)11(13)12(2)3;1-2/h10,16H,4-9,11H2,1-3H3,(H2,20,21,24,25);5-7H,1-4H3;1-2H3. The van der Waals surface area contributed by atoms with E-state index in [2.05, 4.69) is 32.3 Å². The van der Waals surface area contributed by atoms with Crippen LogP contribution in [0.15, 0.2) is 33.7 Å². The minimum absolute atomic E-state index is 0.00130. The Morgan fingerprint density at radius 3 is 2.36 bits per heavy atom. The van der Waals surface area contributed by atoms with Crippen molar-refractivity contribution in [2.45, 2.75) is 54.0 Å². The number of benzene rings is 1. The average molecular weight is 585 g/mol. The Morgan fingerprint density at radius 2 is 1.76 bits per heavy atom. The van der Waals surface area contributed by atoms with Gasteiger partial charge in [0.1, 0.15) is 23.0 Å². The second-order valence-corrected chi connectivity index (χ2v) is 10.3. The fraction of sp³-hybridized carbons (Fsp3) is 0.548. The molecular formula is C31H48N6O5. The number of furan rings is 1. The summed E-state index contributed by atoms with van der Waals surface area (Å²) in [6.07, 6.45) is 1.17. The number of amides is 4. The fourth-order valence-corrected chi connectivity index (χ4v) is 4.63. The molecule has 2 aliphatic rings. The highest BCUT2D eigenvalue weighted by Crippen LogP contribution is 2.29. The molecule has 0 spiro atoms. The second kappa shape index (κ2) is 16.7. The van der Waals surface area contributed by atoms with Crippen molar-refractivity contribution in [2.75, 3.05) is 60.5 Å². The summed E-state index contributed by atoms with van der Waals surface area (Å²) < 4.78 is 10.7. The molecule has 11 heteroatoms. The third kappa shape index (κ3) is 9.70. The van der Waals surface area contributed by atoms with Crippen LogP contribution in [-0.2, 0) is 4.79 Å². The molecule has 42 heavy (non-hydrogen) atoms. The van der Waals surface area contributed by atoms with Crippen LogP contribution in [-0.4, -0.2) is 98.7 Å². The Labute approximate surface area is 250 Å². The molecule has 1 aromatic carbocycles. The number of hydrogen-bond donors (Lipinski definition) is 2. The zero-order chi connectivity index (χ0) is 31.4. The quantitative estimate of drug-likeness (QED) is 0.367. The van der Waals surface area contributed by atoms with E-state index in [1.165, 1.54) is 6.42 Å². The molecule has 2 saturated heterocycles. The number of imide groups is 1. The molecule has 0 aliphatic carbocycles. The summed E-state index contributed by atoms with van der Waals surface area (Å²) in [5.41, 5.74) is 3.36. The van der Waals surface area contributed by atoms with Crippen LogP contribution >= 0.6 is 0 Å². The smallest absolute Gasteiger partial charge is 0.322 e. The lowest BCUT2D eigenvalue weighted by molar-refractivity contribution is -0.120. The molecule has 0 saturated carbocycles. The molecule has 2 aliphatic heterocycles. The number of likely N-dealkylation sites (N-methyl/N-ethyl adjacent to an activating group) is 1. The maximum atomic E-state index is 11.8. The number of rotatable bonds is 7. The maximum absolute atomic E-state index is 11.8. The van der Waals surface area contributed by atoms with Gasteiger partial charge in [0.2, 0.25) is 0 Å². The first-order valence-electron chi connectivity index (χ1n) is 14.6. The minimum Gasteiger partial charge on any atom is -0.497 e. The summed E-state index contributed by atoms with van der Waals surface area (Å²) in [4.78, 5) is 45.9. The molecule has 1 unspecified atom stereocenters. The van der Waals surface area contributed by atoms with E-state index < -0.39 is 18.0 Å². The van der Waals surface area contributed by atoms with Gasteiger partial charge in [-0.05, 0) is 64.5 Å². The lowest BCUT2D eigenvalue weighted by Crippen LogP contribution is -2.33. The Hall–Kier alpha value is -3.70. The molecule has 1 aromatic heterocycles. The zero-order valence-electron chi connectivity index (χ0n) is 26.7. The first-order valence-corrected chi connectivity index (χ1v) is 14.6. The number of urea groups is 1.